The minimum atomic E-state index is 0.706. The molecule has 0 spiro atoms. The molecule has 0 amide bonds. The smallest absolute Gasteiger partial charge is 0.122 e. The molecular weight excluding hydrogens is 296 g/mol. The summed E-state index contributed by atoms with van der Waals surface area (Å²) in [5, 5.41) is 0. The Bertz CT molecular complexity index is 705. The van der Waals surface area contributed by atoms with Gasteiger partial charge in [0.05, 0.1) is 13.2 Å². The van der Waals surface area contributed by atoms with Crippen LogP contribution in [0.25, 0.3) is 0 Å². The van der Waals surface area contributed by atoms with Gasteiger partial charge < -0.3 is 9.47 Å². The van der Waals surface area contributed by atoms with Crippen molar-refractivity contribution in [1.82, 2.24) is 0 Å². The van der Waals surface area contributed by atoms with Gasteiger partial charge >= 0.3 is 0 Å². The molecule has 0 bridgehead atoms. The molecule has 0 fully saturated rings. The van der Waals surface area contributed by atoms with Crippen LogP contribution in [0.1, 0.15) is 41.5 Å². The Morgan fingerprint density at radius 3 is 2.67 bits per heavy atom. The number of aryl methyl sites for hydroxylation is 1. The second-order valence-electron chi connectivity index (χ2n) is 6.78. The summed E-state index contributed by atoms with van der Waals surface area (Å²) in [4.78, 5) is 0. The zero-order valence-electron chi connectivity index (χ0n) is 14.2. The monoisotopic (exact) mass is 321 g/mol. The van der Waals surface area contributed by atoms with Crippen LogP contribution in [-0.4, -0.2) is 13.2 Å². The van der Waals surface area contributed by atoms with Crippen LogP contribution in [0.5, 0.6) is 11.5 Å². The van der Waals surface area contributed by atoms with E-state index in [1.54, 1.807) is 0 Å². The van der Waals surface area contributed by atoms with Crippen molar-refractivity contribution >= 4 is 0 Å². The zero-order valence-corrected chi connectivity index (χ0v) is 14.2. The van der Waals surface area contributed by atoms with Crippen molar-refractivity contribution in [3.63, 3.8) is 0 Å². The Labute approximate surface area is 144 Å². The molecule has 1 radical (unpaired) electrons. The summed E-state index contributed by atoms with van der Waals surface area (Å²) in [7, 11) is 0. The molecule has 2 aliphatic rings. The quantitative estimate of drug-likeness (QED) is 0.717. The molecule has 0 N–H and O–H groups in total. The topological polar surface area (TPSA) is 18.5 Å². The van der Waals surface area contributed by atoms with Crippen LogP contribution in [0.2, 0.25) is 0 Å². The molecule has 0 aliphatic heterocycles. The molecule has 0 saturated carbocycles. The number of benzene rings is 2. The molecule has 2 aromatic carbocycles. The predicted molar refractivity (Wildman–Crippen MR) is 96.8 cm³/mol. The molecule has 0 saturated heterocycles. The summed E-state index contributed by atoms with van der Waals surface area (Å²) in [5.41, 5.74) is 5.77. The maximum absolute atomic E-state index is 6.03. The van der Waals surface area contributed by atoms with Gasteiger partial charge in [-0.05, 0) is 85.4 Å². The van der Waals surface area contributed by atoms with Crippen molar-refractivity contribution < 1.29 is 9.47 Å². The van der Waals surface area contributed by atoms with Crippen LogP contribution < -0.4 is 9.47 Å². The van der Waals surface area contributed by atoms with Gasteiger partial charge in [0.15, 0.2) is 0 Å². The average molecular weight is 321 g/mol. The van der Waals surface area contributed by atoms with Gasteiger partial charge in [0.2, 0.25) is 0 Å². The third-order valence-electron chi connectivity index (χ3n) is 5.07. The molecule has 2 aliphatic carbocycles. The molecule has 0 heterocycles. The maximum atomic E-state index is 6.03. The second kappa shape index (κ2) is 7.29. The minimum Gasteiger partial charge on any atom is -0.493 e. The Kier molecular flexibility index (Phi) is 4.73. The van der Waals surface area contributed by atoms with E-state index in [0.29, 0.717) is 6.61 Å². The van der Waals surface area contributed by atoms with Crippen molar-refractivity contribution in [3.8, 4) is 11.5 Å². The minimum absolute atomic E-state index is 0.706. The highest BCUT2D eigenvalue weighted by molar-refractivity contribution is 5.42. The fourth-order valence-electron chi connectivity index (χ4n) is 3.78. The number of fused-ring (bicyclic) bond motifs is 2. The predicted octanol–water partition coefficient (Wildman–Crippen LogP) is 4.72. The fourth-order valence-corrected chi connectivity index (χ4v) is 3.78. The Morgan fingerprint density at radius 2 is 1.67 bits per heavy atom. The molecule has 2 aromatic rings. The highest BCUT2D eigenvalue weighted by Crippen LogP contribution is 2.29. The lowest BCUT2D eigenvalue weighted by Gasteiger charge is -2.19. The van der Waals surface area contributed by atoms with Crippen molar-refractivity contribution in [2.24, 2.45) is 0 Å². The van der Waals surface area contributed by atoms with Gasteiger partial charge in [0, 0.05) is 6.42 Å². The van der Waals surface area contributed by atoms with Crippen molar-refractivity contribution in [2.45, 2.75) is 44.9 Å². The van der Waals surface area contributed by atoms with E-state index in [-0.39, 0.29) is 0 Å². The van der Waals surface area contributed by atoms with Gasteiger partial charge in [-0.1, -0.05) is 18.2 Å². The van der Waals surface area contributed by atoms with Crippen LogP contribution in [0.3, 0.4) is 0 Å². The summed E-state index contributed by atoms with van der Waals surface area (Å²) in [6.07, 6.45) is 10.4. The van der Waals surface area contributed by atoms with Gasteiger partial charge in [-0.2, -0.15) is 0 Å². The first-order valence-corrected chi connectivity index (χ1v) is 9.20. The first-order valence-electron chi connectivity index (χ1n) is 9.20. The third kappa shape index (κ3) is 3.43. The maximum Gasteiger partial charge on any atom is 0.122 e. The summed E-state index contributed by atoms with van der Waals surface area (Å²) in [6, 6.07) is 13.0. The highest BCUT2D eigenvalue weighted by Gasteiger charge is 2.14. The molecule has 24 heavy (non-hydrogen) atoms. The SMILES string of the molecule is [CH]1Cc2ccc(OCCCOc3cccc4c3CCCC4)cc2C1. The molecule has 2 heteroatoms. The van der Waals surface area contributed by atoms with Crippen molar-refractivity contribution in [2.75, 3.05) is 13.2 Å². The largest absolute Gasteiger partial charge is 0.493 e. The van der Waals surface area contributed by atoms with Crippen LogP contribution in [-0.2, 0) is 25.7 Å². The van der Waals surface area contributed by atoms with E-state index in [4.69, 9.17) is 9.47 Å². The lowest BCUT2D eigenvalue weighted by molar-refractivity contribution is 0.245. The Morgan fingerprint density at radius 1 is 0.792 bits per heavy atom. The number of hydrogen-bond donors (Lipinski definition) is 0. The number of hydrogen-bond acceptors (Lipinski definition) is 2. The number of ether oxygens (including phenoxy) is 2. The molecular formula is C22H25O2. The molecule has 4 rings (SSSR count). The first-order chi connectivity index (χ1) is 11.9. The van der Waals surface area contributed by atoms with E-state index in [9.17, 15) is 0 Å². The van der Waals surface area contributed by atoms with E-state index in [1.165, 1.54) is 41.5 Å². The average Bonchev–Trinajstić information content (AvgIpc) is 3.09. The number of rotatable bonds is 6. The molecule has 0 aromatic heterocycles. The molecule has 0 unspecified atom stereocenters. The van der Waals surface area contributed by atoms with Crippen molar-refractivity contribution in [1.29, 1.82) is 0 Å². The van der Waals surface area contributed by atoms with Crippen LogP contribution in [0.15, 0.2) is 36.4 Å². The van der Waals surface area contributed by atoms with Gasteiger partial charge in [-0.3, -0.25) is 0 Å². The normalized spacial score (nSPS) is 15.7. The molecule has 2 nitrogen and oxygen atoms in total. The van der Waals surface area contributed by atoms with E-state index in [2.05, 4.69) is 42.8 Å². The molecule has 0 atom stereocenters. The summed E-state index contributed by atoms with van der Waals surface area (Å²) < 4.78 is 11.9. The van der Waals surface area contributed by atoms with E-state index in [0.717, 1.165) is 43.8 Å². The standard InChI is InChI=1S/C22H25O2/c1-2-10-21-18(6-1)8-4-11-22(21)24-15-5-14-23-20-13-12-17-7-3-9-19(17)16-20/h3-4,8,11-13,16H,1-2,5-7,9-10,14-15H2. The second-order valence-corrected chi connectivity index (χ2v) is 6.78. The Balaban J connectivity index is 1.25. The lowest BCUT2D eigenvalue weighted by Crippen LogP contribution is -2.09. The van der Waals surface area contributed by atoms with Gasteiger partial charge in [0.25, 0.3) is 0 Å². The van der Waals surface area contributed by atoms with Crippen LogP contribution in [0, 0.1) is 6.42 Å². The first kappa shape index (κ1) is 15.6. The van der Waals surface area contributed by atoms with Gasteiger partial charge in [-0.15, -0.1) is 0 Å². The Hall–Kier alpha value is -1.96. The third-order valence-corrected chi connectivity index (χ3v) is 5.07. The van der Waals surface area contributed by atoms with E-state index in [1.807, 2.05) is 0 Å². The lowest BCUT2D eigenvalue weighted by atomic mass is 9.91. The van der Waals surface area contributed by atoms with Crippen molar-refractivity contribution in [3.05, 3.63) is 65.1 Å². The van der Waals surface area contributed by atoms with Crippen LogP contribution >= 0.6 is 0 Å². The van der Waals surface area contributed by atoms with Gasteiger partial charge in [-0.25, -0.2) is 0 Å². The zero-order chi connectivity index (χ0) is 16.2. The van der Waals surface area contributed by atoms with E-state index < -0.39 is 0 Å². The highest BCUT2D eigenvalue weighted by atomic mass is 16.5. The fraction of sp³-hybridized carbons (Fsp3) is 0.409. The van der Waals surface area contributed by atoms with Gasteiger partial charge in [0.1, 0.15) is 11.5 Å². The molecule has 125 valence electrons. The summed E-state index contributed by atoms with van der Waals surface area (Å²) in [6.45, 7) is 1.42. The van der Waals surface area contributed by atoms with Crippen LogP contribution in [0.4, 0.5) is 0 Å². The van der Waals surface area contributed by atoms with E-state index >= 15 is 0 Å². The summed E-state index contributed by atoms with van der Waals surface area (Å²) in [5.74, 6) is 2.07. The summed E-state index contributed by atoms with van der Waals surface area (Å²) >= 11 is 0.